The van der Waals surface area contributed by atoms with Crippen LogP contribution in [0.25, 0.3) is 0 Å². The maximum Gasteiger partial charge on any atom is 0.334 e. The zero-order valence-corrected chi connectivity index (χ0v) is 13.5. The Kier molecular flexibility index (Phi) is 4.49. The molecular formula is C16H21NO4S. The summed E-state index contributed by atoms with van der Waals surface area (Å²) in [6.45, 7) is 2.38. The van der Waals surface area contributed by atoms with Gasteiger partial charge in [-0.15, -0.1) is 11.3 Å². The van der Waals surface area contributed by atoms with Crippen molar-refractivity contribution in [1.29, 1.82) is 0 Å². The van der Waals surface area contributed by atoms with Gasteiger partial charge in [0.25, 0.3) is 5.91 Å². The third-order valence-electron chi connectivity index (χ3n) is 4.28. The van der Waals surface area contributed by atoms with Gasteiger partial charge in [0.15, 0.2) is 6.10 Å². The zero-order valence-electron chi connectivity index (χ0n) is 12.7. The Morgan fingerprint density at radius 1 is 1.27 bits per heavy atom. The van der Waals surface area contributed by atoms with E-state index in [-0.39, 0.29) is 18.6 Å². The molecule has 1 unspecified atom stereocenters. The van der Waals surface area contributed by atoms with Crippen molar-refractivity contribution in [2.45, 2.75) is 51.2 Å². The predicted molar refractivity (Wildman–Crippen MR) is 83.5 cm³/mol. The Balaban J connectivity index is 1.77. The molecule has 1 aliphatic carbocycles. The molecule has 0 bridgehead atoms. The molecule has 1 aliphatic heterocycles. The molecule has 5 nitrogen and oxygen atoms in total. The van der Waals surface area contributed by atoms with E-state index in [9.17, 15) is 9.59 Å². The first-order chi connectivity index (χ1) is 10.5. The average molecular weight is 323 g/mol. The van der Waals surface area contributed by atoms with Crippen molar-refractivity contribution in [1.82, 2.24) is 4.90 Å². The number of ether oxygens (including phenoxy) is 1. The van der Waals surface area contributed by atoms with Gasteiger partial charge in [0.2, 0.25) is 0 Å². The van der Waals surface area contributed by atoms with Crippen LogP contribution < -0.4 is 0 Å². The highest BCUT2D eigenvalue weighted by Gasteiger charge is 2.33. The molecule has 1 N–H and O–H groups in total. The smallest absolute Gasteiger partial charge is 0.334 e. The molecule has 2 atom stereocenters. The van der Waals surface area contributed by atoms with Gasteiger partial charge in [0, 0.05) is 11.4 Å². The van der Waals surface area contributed by atoms with E-state index < -0.39 is 12.1 Å². The van der Waals surface area contributed by atoms with Crippen molar-refractivity contribution in [3.63, 3.8) is 0 Å². The molecule has 1 aromatic rings. The topological polar surface area (TPSA) is 66.8 Å². The van der Waals surface area contributed by atoms with Crippen LogP contribution >= 0.6 is 11.3 Å². The molecule has 0 spiro atoms. The molecule has 120 valence electrons. The molecule has 0 radical (unpaired) electrons. The van der Waals surface area contributed by atoms with Gasteiger partial charge in [-0.1, -0.05) is 6.42 Å². The van der Waals surface area contributed by atoms with Crippen LogP contribution in [-0.4, -0.2) is 47.2 Å². The highest BCUT2D eigenvalue weighted by Crippen LogP contribution is 2.30. The van der Waals surface area contributed by atoms with Crippen LogP contribution in [0.1, 0.15) is 46.3 Å². The number of carbonyl (C=O) groups is 2. The van der Waals surface area contributed by atoms with Gasteiger partial charge in [-0.25, -0.2) is 4.79 Å². The Labute approximate surface area is 133 Å². The van der Waals surface area contributed by atoms with Crippen LogP contribution in [0.4, 0.5) is 0 Å². The average Bonchev–Trinajstić information content (AvgIpc) is 2.77. The standard InChI is InChI=1S/C16H21NO4S/c1-10-8-17(9-12(21-10)16(19)20)15(18)14-7-11-5-3-2-4-6-13(11)22-14/h7,10,12H,2-6,8-9H2,1H3,(H,19,20)/t10-,12?/m1/s1. The van der Waals surface area contributed by atoms with E-state index in [0.717, 1.165) is 17.7 Å². The third-order valence-corrected chi connectivity index (χ3v) is 5.51. The molecule has 22 heavy (non-hydrogen) atoms. The molecule has 3 rings (SSSR count). The minimum atomic E-state index is -1.01. The van der Waals surface area contributed by atoms with E-state index in [0.29, 0.717) is 6.54 Å². The summed E-state index contributed by atoms with van der Waals surface area (Å²) < 4.78 is 5.37. The molecule has 1 amide bonds. The van der Waals surface area contributed by atoms with E-state index in [1.165, 1.54) is 29.7 Å². The maximum atomic E-state index is 12.7. The SMILES string of the molecule is C[C@@H]1CN(C(=O)c2cc3c(s2)CCCCC3)CC(C(=O)O)O1. The van der Waals surface area contributed by atoms with Gasteiger partial charge in [-0.3, -0.25) is 4.79 Å². The van der Waals surface area contributed by atoms with Crippen molar-refractivity contribution >= 4 is 23.2 Å². The largest absolute Gasteiger partial charge is 0.479 e. The number of rotatable bonds is 2. The number of morpholine rings is 1. The Hall–Kier alpha value is -1.40. The molecule has 0 aromatic carbocycles. The van der Waals surface area contributed by atoms with E-state index in [2.05, 4.69) is 0 Å². The van der Waals surface area contributed by atoms with Crippen molar-refractivity contribution in [2.75, 3.05) is 13.1 Å². The first-order valence-corrected chi connectivity index (χ1v) is 8.65. The molecule has 1 fully saturated rings. The number of carbonyl (C=O) groups excluding carboxylic acids is 1. The van der Waals surface area contributed by atoms with Crippen molar-refractivity contribution in [2.24, 2.45) is 0 Å². The van der Waals surface area contributed by atoms with Crippen LogP contribution in [0, 0.1) is 0 Å². The monoisotopic (exact) mass is 323 g/mol. The second-order valence-electron chi connectivity index (χ2n) is 6.10. The normalized spacial score (nSPS) is 25.4. The van der Waals surface area contributed by atoms with Crippen molar-refractivity contribution < 1.29 is 19.4 Å². The lowest BCUT2D eigenvalue weighted by molar-refractivity contribution is -0.160. The maximum absolute atomic E-state index is 12.7. The summed E-state index contributed by atoms with van der Waals surface area (Å²) in [5.74, 6) is -1.06. The second-order valence-corrected chi connectivity index (χ2v) is 7.24. The number of amides is 1. The Bertz CT molecular complexity index is 559. The minimum absolute atomic E-state index is 0.0560. The number of aliphatic carboxylic acids is 1. The van der Waals surface area contributed by atoms with E-state index in [1.54, 1.807) is 23.2 Å². The van der Waals surface area contributed by atoms with Gasteiger partial charge in [-0.05, 0) is 44.2 Å². The van der Waals surface area contributed by atoms with Crippen LogP contribution in [0.5, 0.6) is 0 Å². The van der Waals surface area contributed by atoms with Gasteiger partial charge >= 0.3 is 5.97 Å². The number of carboxylic acids is 1. The first-order valence-electron chi connectivity index (χ1n) is 7.83. The second kappa shape index (κ2) is 6.38. The highest BCUT2D eigenvalue weighted by molar-refractivity contribution is 7.14. The number of hydrogen-bond donors (Lipinski definition) is 1. The molecule has 6 heteroatoms. The number of nitrogens with zero attached hydrogens (tertiary/aromatic N) is 1. The fourth-order valence-electron chi connectivity index (χ4n) is 3.18. The van der Waals surface area contributed by atoms with Gasteiger partial charge in [-0.2, -0.15) is 0 Å². The summed E-state index contributed by atoms with van der Waals surface area (Å²) in [6.07, 6.45) is 4.57. The lowest BCUT2D eigenvalue weighted by Crippen LogP contribution is -2.51. The number of carboxylic acid groups (broad SMARTS) is 1. The zero-order chi connectivity index (χ0) is 15.7. The molecule has 0 saturated carbocycles. The Morgan fingerprint density at radius 3 is 2.82 bits per heavy atom. The summed E-state index contributed by atoms with van der Waals surface area (Å²) in [6, 6.07) is 2.02. The van der Waals surface area contributed by atoms with Crippen LogP contribution in [0.2, 0.25) is 0 Å². The lowest BCUT2D eigenvalue weighted by atomic mass is 10.1. The lowest BCUT2D eigenvalue weighted by Gasteiger charge is -2.34. The van der Waals surface area contributed by atoms with E-state index in [4.69, 9.17) is 9.84 Å². The summed E-state index contributed by atoms with van der Waals surface area (Å²) in [4.78, 5) is 27.5. The summed E-state index contributed by atoms with van der Waals surface area (Å²) in [5, 5.41) is 9.13. The molecule has 1 aromatic heterocycles. The van der Waals surface area contributed by atoms with Gasteiger partial charge in [0.1, 0.15) is 0 Å². The van der Waals surface area contributed by atoms with Gasteiger partial charge in [0.05, 0.1) is 17.5 Å². The van der Waals surface area contributed by atoms with Crippen LogP contribution in [0.15, 0.2) is 6.07 Å². The van der Waals surface area contributed by atoms with E-state index >= 15 is 0 Å². The summed E-state index contributed by atoms with van der Waals surface area (Å²) in [7, 11) is 0. The number of hydrogen-bond acceptors (Lipinski definition) is 4. The fraction of sp³-hybridized carbons (Fsp3) is 0.625. The van der Waals surface area contributed by atoms with Gasteiger partial charge < -0.3 is 14.7 Å². The summed E-state index contributed by atoms with van der Waals surface area (Å²) in [5.41, 5.74) is 1.31. The quantitative estimate of drug-likeness (QED) is 0.848. The van der Waals surface area contributed by atoms with Crippen molar-refractivity contribution in [3.8, 4) is 0 Å². The highest BCUT2D eigenvalue weighted by atomic mass is 32.1. The first kappa shape index (κ1) is 15.5. The molecular weight excluding hydrogens is 302 g/mol. The molecule has 2 heterocycles. The third kappa shape index (κ3) is 3.17. The molecule has 2 aliphatic rings. The summed E-state index contributed by atoms with van der Waals surface area (Å²) >= 11 is 1.58. The molecule has 1 saturated heterocycles. The fourth-order valence-corrected chi connectivity index (χ4v) is 4.40. The van der Waals surface area contributed by atoms with Crippen molar-refractivity contribution in [3.05, 3.63) is 21.4 Å². The number of fused-ring (bicyclic) bond motifs is 1. The van der Waals surface area contributed by atoms with Crippen LogP contribution in [0.3, 0.4) is 0 Å². The van der Waals surface area contributed by atoms with E-state index in [1.807, 2.05) is 6.07 Å². The predicted octanol–water partition coefficient (Wildman–Crippen LogP) is 2.33. The number of thiophene rings is 1. The minimum Gasteiger partial charge on any atom is -0.479 e. The van der Waals surface area contributed by atoms with Crippen LogP contribution in [-0.2, 0) is 22.4 Å². The Morgan fingerprint density at radius 2 is 2.05 bits per heavy atom. The number of aryl methyl sites for hydroxylation is 2.